The minimum absolute atomic E-state index is 0.265. The summed E-state index contributed by atoms with van der Waals surface area (Å²) in [5.74, 6) is -0.567. The summed E-state index contributed by atoms with van der Waals surface area (Å²) < 4.78 is 0. The van der Waals surface area contributed by atoms with Gasteiger partial charge in [-0.05, 0) is 31.2 Å². The molecule has 0 radical (unpaired) electrons. The molecule has 0 saturated carbocycles. The first-order valence-electron chi connectivity index (χ1n) is 5.88. The molecular formula is C14H12N2O2S. The van der Waals surface area contributed by atoms with Crippen LogP contribution >= 0.6 is 11.3 Å². The fraction of sp³-hybridized carbons (Fsp3) is 0.143. The van der Waals surface area contributed by atoms with Gasteiger partial charge in [-0.15, -0.1) is 11.3 Å². The van der Waals surface area contributed by atoms with Gasteiger partial charge in [0.2, 0.25) is 0 Å². The molecule has 0 atom stereocenters. The molecule has 2 N–H and O–H groups in total. The predicted molar refractivity (Wildman–Crippen MR) is 74.1 cm³/mol. The van der Waals surface area contributed by atoms with Crippen LogP contribution in [0.15, 0.2) is 30.3 Å². The van der Waals surface area contributed by atoms with Gasteiger partial charge in [0.1, 0.15) is 0 Å². The van der Waals surface area contributed by atoms with E-state index >= 15 is 0 Å². The molecule has 0 spiro atoms. The largest absolute Gasteiger partial charge is 0.398 e. The minimum atomic E-state index is -0.302. The van der Waals surface area contributed by atoms with Crippen LogP contribution in [-0.4, -0.2) is 16.7 Å². The van der Waals surface area contributed by atoms with Crippen molar-refractivity contribution in [1.29, 1.82) is 0 Å². The molecule has 4 nitrogen and oxygen atoms in total. The smallest absolute Gasteiger partial charge is 0.263 e. The molecule has 3 rings (SSSR count). The number of thiophene rings is 1. The summed E-state index contributed by atoms with van der Waals surface area (Å²) in [5, 5.41) is 0. The molecule has 2 amide bonds. The number of anilines is 1. The van der Waals surface area contributed by atoms with Crippen LogP contribution < -0.4 is 5.73 Å². The zero-order valence-electron chi connectivity index (χ0n) is 10.3. The molecule has 0 aliphatic carbocycles. The number of benzene rings is 1. The molecule has 96 valence electrons. The standard InChI is InChI=1S/C14H12N2O2S/c1-8-5-6-9(19-8)7-16-13(17)10-3-2-4-11(15)12(10)14(16)18/h2-6H,7,15H2,1H3. The third kappa shape index (κ3) is 1.82. The fourth-order valence-electron chi connectivity index (χ4n) is 2.23. The van der Waals surface area contributed by atoms with Crippen molar-refractivity contribution < 1.29 is 9.59 Å². The Morgan fingerprint density at radius 2 is 1.95 bits per heavy atom. The van der Waals surface area contributed by atoms with Crippen LogP contribution in [0.25, 0.3) is 0 Å². The van der Waals surface area contributed by atoms with Gasteiger partial charge in [0.05, 0.1) is 17.7 Å². The number of carbonyl (C=O) groups excluding carboxylic acids is 2. The summed E-state index contributed by atoms with van der Waals surface area (Å²) in [4.78, 5) is 27.9. The van der Waals surface area contributed by atoms with Crippen LogP contribution in [0.2, 0.25) is 0 Å². The number of nitrogen functional groups attached to an aromatic ring is 1. The van der Waals surface area contributed by atoms with Crippen molar-refractivity contribution in [3.63, 3.8) is 0 Å². The fourth-order valence-corrected chi connectivity index (χ4v) is 3.11. The molecular weight excluding hydrogens is 260 g/mol. The Morgan fingerprint density at radius 1 is 1.16 bits per heavy atom. The molecule has 1 aromatic carbocycles. The number of hydrogen-bond donors (Lipinski definition) is 1. The summed E-state index contributed by atoms with van der Waals surface area (Å²) in [6.07, 6.45) is 0. The first-order chi connectivity index (χ1) is 9.08. The van der Waals surface area contributed by atoms with E-state index in [1.165, 1.54) is 4.90 Å². The molecule has 2 aromatic rings. The van der Waals surface area contributed by atoms with E-state index in [1.807, 2.05) is 19.1 Å². The molecule has 1 aromatic heterocycles. The second kappa shape index (κ2) is 4.20. The van der Waals surface area contributed by atoms with E-state index in [0.29, 0.717) is 23.4 Å². The van der Waals surface area contributed by atoms with E-state index in [-0.39, 0.29) is 11.8 Å². The highest BCUT2D eigenvalue weighted by Crippen LogP contribution is 2.29. The Bertz CT molecular complexity index is 691. The maximum Gasteiger partial charge on any atom is 0.263 e. The lowest BCUT2D eigenvalue weighted by Gasteiger charge is -2.12. The first kappa shape index (κ1) is 11.9. The third-order valence-electron chi connectivity index (χ3n) is 3.14. The van der Waals surface area contributed by atoms with Crippen molar-refractivity contribution in [2.75, 3.05) is 5.73 Å². The number of carbonyl (C=O) groups is 2. The van der Waals surface area contributed by atoms with Crippen LogP contribution in [0.5, 0.6) is 0 Å². The monoisotopic (exact) mass is 272 g/mol. The van der Waals surface area contributed by atoms with Gasteiger partial charge < -0.3 is 5.73 Å². The maximum absolute atomic E-state index is 12.3. The topological polar surface area (TPSA) is 63.4 Å². The van der Waals surface area contributed by atoms with Gasteiger partial charge in [-0.3, -0.25) is 14.5 Å². The first-order valence-corrected chi connectivity index (χ1v) is 6.69. The normalized spacial score (nSPS) is 14.1. The van der Waals surface area contributed by atoms with Gasteiger partial charge in [-0.2, -0.15) is 0 Å². The van der Waals surface area contributed by atoms with Gasteiger partial charge >= 0.3 is 0 Å². The third-order valence-corrected chi connectivity index (χ3v) is 4.13. The Balaban J connectivity index is 1.97. The zero-order chi connectivity index (χ0) is 13.6. The number of rotatable bonds is 2. The van der Waals surface area contributed by atoms with Gasteiger partial charge in [0.25, 0.3) is 11.8 Å². The molecule has 0 saturated heterocycles. The lowest BCUT2D eigenvalue weighted by molar-refractivity contribution is 0.0644. The minimum Gasteiger partial charge on any atom is -0.398 e. The van der Waals surface area contributed by atoms with E-state index < -0.39 is 0 Å². The quantitative estimate of drug-likeness (QED) is 0.674. The van der Waals surface area contributed by atoms with Crippen molar-refractivity contribution in [2.24, 2.45) is 0 Å². The van der Waals surface area contributed by atoms with Gasteiger partial charge in [-0.1, -0.05) is 6.07 Å². The van der Waals surface area contributed by atoms with Crippen LogP contribution in [0.3, 0.4) is 0 Å². The molecule has 0 bridgehead atoms. The van der Waals surface area contributed by atoms with Crippen molar-refractivity contribution in [3.8, 4) is 0 Å². The van der Waals surface area contributed by atoms with Gasteiger partial charge in [-0.25, -0.2) is 0 Å². The van der Waals surface area contributed by atoms with Gasteiger partial charge in [0.15, 0.2) is 0 Å². The highest BCUT2D eigenvalue weighted by Gasteiger charge is 2.36. The van der Waals surface area contributed by atoms with Crippen LogP contribution in [0.4, 0.5) is 5.69 Å². The van der Waals surface area contributed by atoms with Crippen molar-refractivity contribution >= 4 is 28.8 Å². The SMILES string of the molecule is Cc1ccc(CN2C(=O)c3cccc(N)c3C2=O)s1. The predicted octanol–water partition coefficient (Wildman–Crippen LogP) is 2.43. The number of imide groups is 1. The summed E-state index contributed by atoms with van der Waals surface area (Å²) >= 11 is 1.58. The zero-order valence-corrected chi connectivity index (χ0v) is 11.2. The number of aryl methyl sites for hydroxylation is 1. The molecule has 0 unspecified atom stereocenters. The van der Waals surface area contributed by atoms with E-state index in [4.69, 9.17) is 5.73 Å². The van der Waals surface area contributed by atoms with E-state index in [0.717, 1.165) is 9.75 Å². The number of amides is 2. The molecule has 19 heavy (non-hydrogen) atoms. The molecule has 1 aliphatic rings. The molecule has 0 fully saturated rings. The van der Waals surface area contributed by atoms with E-state index in [2.05, 4.69) is 0 Å². The lowest BCUT2D eigenvalue weighted by atomic mass is 10.1. The van der Waals surface area contributed by atoms with Crippen molar-refractivity contribution in [2.45, 2.75) is 13.5 Å². The Morgan fingerprint density at radius 3 is 2.58 bits per heavy atom. The number of nitrogens with zero attached hydrogens (tertiary/aromatic N) is 1. The average molecular weight is 272 g/mol. The summed E-state index contributed by atoms with van der Waals surface area (Å²) in [7, 11) is 0. The van der Waals surface area contributed by atoms with E-state index in [1.54, 1.807) is 29.5 Å². The Kier molecular flexibility index (Phi) is 2.64. The van der Waals surface area contributed by atoms with Gasteiger partial charge in [0, 0.05) is 15.4 Å². The van der Waals surface area contributed by atoms with Crippen LogP contribution in [0.1, 0.15) is 30.5 Å². The second-order valence-corrected chi connectivity index (χ2v) is 5.85. The van der Waals surface area contributed by atoms with Crippen LogP contribution in [-0.2, 0) is 6.54 Å². The highest BCUT2D eigenvalue weighted by atomic mass is 32.1. The summed E-state index contributed by atoms with van der Waals surface area (Å²) in [6, 6.07) is 8.89. The molecule has 2 heterocycles. The highest BCUT2D eigenvalue weighted by molar-refractivity contribution is 7.11. The number of hydrogen-bond acceptors (Lipinski definition) is 4. The van der Waals surface area contributed by atoms with Crippen molar-refractivity contribution in [1.82, 2.24) is 4.90 Å². The van der Waals surface area contributed by atoms with Crippen molar-refractivity contribution in [3.05, 3.63) is 51.2 Å². The maximum atomic E-state index is 12.3. The number of nitrogens with two attached hydrogens (primary N) is 1. The molecule has 1 aliphatic heterocycles. The Hall–Kier alpha value is -2.14. The van der Waals surface area contributed by atoms with Crippen LogP contribution in [0, 0.1) is 6.92 Å². The lowest BCUT2D eigenvalue weighted by Crippen LogP contribution is -2.28. The summed E-state index contributed by atoms with van der Waals surface area (Å²) in [5.41, 5.74) is 6.88. The number of fused-ring (bicyclic) bond motifs is 1. The summed E-state index contributed by atoms with van der Waals surface area (Å²) in [6.45, 7) is 2.30. The second-order valence-electron chi connectivity index (χ2n) is 4.48. The average Bonchev–Trinajstić information content (AvgIpc) is 2.88. The van der Waals surface area contributed by atoms with E-state index in [9.17, 15) is 9.59 Å². The molecule has 5 heteroatoms. The Labute approximate surface area is 114 Å².